The first-order chi connectivity index (χ1) is 19.2. The van der Waals surface area contributed by atoms with E-state index in [1.165, 1.54) is 18.6 Å². The molecule has 220 valence electrons. The number of carbonyl (C=O) groups excluding carboxylic acids is 1. The predicted octanol–water partition coefficient (Wildman–Crippen LogP) is 5.75. The molecule has 14 heteroatoms. The number of halogens is 6. The molecule has 3 atom stereocenters. The zero-order valence-corrected chi connectivity index (χ0v) is 24.1. The van der Waals surface area contributed by atoms with Gasteiger partial charge < -0.3 is 14.5 Å². The zero-order chi connectivity index (χ0) is 30.0. The van der Waals surface area contributed by atoms with Crippen molar-refractivity contribution in [2.45, 2.75) is 50.0 Å². The van der Waals surface area contributed by atoms with Crippen LogP contribution in [0.15, 0.2) is 27.9 Å². The van der Waals surface area contributed by atoms with E-state index < -0.39 is 51.3 Å². The van der Waals surface area contributed by atoms with Crippen LogP contribution in [0.2, 0.25) is 5.02 Å². The molecular weight excluding hydrogens is 591 g/mol. The molecule has 3 aromatic rings. The summed E-state index contributed by atoms with van der Waals surface area (Å²) in [5.41, 5.74) is -2.79. The Morgan fingerprint density at radius 2 is 1.85 bits per heavy atom. The lowest BCUT2D eigenvalue weighted by Gasteiger charge is -2.45. The van der Waals surface area contributed by atoms with Gasteiger partial charge in [0.15, 0.2) is 0 Å². The van der Waals surface area contributed by atoms with Crippen LogP contribution in [-0.2, 0) is 15.7 Å². The number of ether oxygens (including phenoxy) is 1. The van der Waals surface area contributed by atoms with E-state index in [1.54, 1.807) is 16.7 Å². The molecule has 41 heavy (non-hydrogen) atoms. The van der Waals surface area contributed by atoms with Crippen LogP contribution in [0, 0.1) is 11.6 Å². The van der Waals surface area contributed by atoms with Crippen LogP contribution in [0.5, 0.6) is 0 Å². The van der Waals surface area contributed by atoms with E-state index >= 15 is 4.39 Å². The number of amides is 1. The highest BCUT2D eigenvalue weighted by Gasteiger charge is 2.41. The van der Waals surface area contributed by atoms with E-state index in [0.29, 0.717) is 6.07 Å². The summed E-state index contributed by atoms with van der Waals surface area (Å²) < 4.78 is 79.9. The summed E-state index contributed by atoms with van der Waals surface area (Å²) in [6.45, 7) is 5.63. The second-order valence-electron chi connectivity index (χ2n) is 10.3. The summed E-state index contributed by atoms with van der Waals surface area (Å²) in [5, 5.41) is -0.494. The molecule has 1 amide bonds. The maximum atomic E-state index is 15.1. The predicted molar refractivity (Wildman–Crippen MR) is 147 cm³/mol. The monoisotopic (exact) mass is 616 g/mol. The number of alkyl halides is 3. The highest BCUT2D eigenvalue weighted by molar-refractivity contribution is 7.99. The van der Waals surface area contributed by atoms with Crippen LogP contribution in [0.25, 0.3) is 22.0 Å². The molecule has 2 aliphatic rings. The molecule has 1 fully saturated rings. The number of nitrogens with zero attached hydrogens (tertiary/aromatic N) is 4. The van der Waals surface area contributed by atoms with E-state index in [9.17, 15) is 27.2 Å². The number of benzene rings is 2. The molecule has 5 rings (SSSR count). The average molecular weight is 617 g/mol. The fourth-order valence-corrected chi connectivity index (χ4v) is 7.17. The standard InChI is InChI=1S/C27H26ClF5N4O3S/c1-12-9-36(13(2)8-35(12)14(3)38)25-17-5-18(27(31,32)33)22(16-6-19(28)21(30)7-20(16)29)24-23(17)37(26(39)34-25)15(10-40-4)11-41-24/h5-7,12-13,15H,8-11H2,1-4H3/t12-,13+,15+/m1/s1. The molecule has 1 saturated heterocycles. The quantitative estimate of drug-likeness (QED) is 0.275. The smallest absolute Gasteiger partial charge is 0.383 e. The van der Waals surface area contributed by atoms with Crippen LogP contribution in [-0.4, -0.2) is 65.0 Å². The average Bonchev–Trinajstić information content (AvgIpc) is 2.89. The van der Waals surface area contributed by atoms with E-state index in [4.69, 9.17) is 16.3 Å². The Kier molecular flexibility index (Phi) is 7.75. The molecule has 3 heterocycles. The first-order valence-electron chi connectivity index (χ1n) is 12.8. The maximum Gasteiger partial charge on any atom is 0.417 e. The highest BCUT2D eigenvalue weighted by atomic mass is 35.5. The van der Waals surface area contributed by atoms with Gasteiger partial charge in [-0.3, -0.25) is 9.36 Å². The minimum Gasteiger partial charge on any atom is -0.383 e. The van der Waals surface area contributed by atoms with Crippen LogP contribution in [0.3, 0.4) is 0 Å². The number of hydrogen-bond acceptors (Lipinski definition) is 6. The summed E-state index contributed by atoms with van der Waals surface area (Å²) in [4.78, 5) is 33.4. The summed E-state index contributed by atoms with van der Waals surface area (Å²) >= 11 is 6.92. The Bertz CT molecular complexity index is 1620. The number of methoxy groups -OCH3 is 1. The molecule has 0 unspecified atom stereocenters. The molecule has 0 bridgehead atoms. The van der Waals surface area contributed by atoms with Gasteiger partial charge in [0.1, 0.15) is 17.5 Å². The van der Waals surface area contributed by atoms with Gasteiger partial charge >= 0.3 is 11.9 Å². The van der Waals surface area contributed by atoms with Crippen LogP contribution < -0.4 is 10.6 Å². The topological polar surface area (TPSA) is 67.7 Å². The highest BCUT2D eigenvalue weighted by Crippen LogP contribution is 2.50. The molecule has 0 saturated carbocycles. The third-order valence-electron chi connectivity index (χ3n) is 7.54. The van der Waals surface area contributed by atoms with Crippen molar-refractivity contribution in [3.8, 4) is 11.1 Å². The van der Waals surface area contributed by atoms with Crippen LogP contribution >= 0.6 is 23.4 Å². The molecule has 0 N–H and O–H groups in total. The lowest BCUT2D eigenvalue weighted by molar-refractivity contribution is -0.137. The summed E-state index contributed by atoms with van der Waals surface area (Å²) in [6, 6.07) is 0.897. The molecule has 0 radical (unpaired) electrons. The molecule has 2 aromatic carbocycles. The van der Waals surface area contributed by atoms with Gasteiger partial charge in [-0.05, 0) is 26.0 Å². The Balaban J connectivity index is 1.88. The Hall–Kier alpha value is -2.90. The fraction of sp³-hybridized carbons (Fsp3) is 0.444. The number of thioether (sulfide) groups is 1. The number of anilines is 1. The van der Waals surface area contributed by atoms with Gasteiger partial charge in [0.2, 0.25) is 5.91 Å². The Morgan fingerprint density at radius 3 is 2.49 bits per heavy atom. The van der Waals surface area contributed by atoms with E-state index in [1.807, 2.05) is 6.92 Å². The Labute approximate surface area is 241 Å². The van der Waals surface area contributed by atoms with Gasteiger partial charge in [0.05, 0.1) is 28.8 Å². The van der Waals surface area contributed by atoms with Crippen LogP contribution in [0.1, 0.15) is 32.4 Å². The van der Waals surface area contributed by atoms with Crippen molar-refractivity contribution < 1.29 is 31.5 Å². The van der Waals surface area contributed by atoms with Gasteiger partial charge in [0, 0.05) is 72.4 Å². The van der Waals surface area contributed by atoms with Gasteiger partial charge in [0.25, 0.3) is 0 Å². The SMILES string of the molecule is COC[C@H]1CSc2c(-c3cc(Cl)c(F)cc3F)c(C(F)(F)F)cc3c(N4C[C@@H](C)N(C(C)=O)C[C@@H]4C)nc(=O)n1c23. The van der Waals surface area contributed by atoms with Crippen molar-refractivity contribution in [3.05, 3.63) is 50.9 Å². The molecule has 0 aliphatic carbocycles. The maximum absolute atomic E-state index is 15.1. The molecule has 7 nitrogen and oxygen atoms in total. The van der Waals surface area contributed by atoms with Crippen molar-refractivity contribution in [3.63, 3.8) is 0 Å². The number of hydrogen-bond donors (Lipinski definition) is 0. The summed E-state index contributed by atoms with van der Waals surface area (Å²) in [5.74, 6) is -2.29. The number of aromatic nitrogens is 2. The number of carbonyl (C=O) groups is 1. The molecule has 1 aromatic heterocycles. The lowest BCUT2D eigenvalue weighted by atomic mass is 9.95. The second kappa shape index (κ2) is 10.7. The van der Waals surface area contributed by atoms with E-state index in [-0.39, 0.29) is 65.1 Å². The van der Waals surface area contributed by atoms with Crippen molar-refractivity contribution in [2.24, 2.45) is 0 Å². The number of piperazine rings is 1. The Morgan fingerprint density at radius 1 is 1.15 bits per heavy atom. The van der Waals surface area contributed by atoms with Crippen LogP contribution in [0.4, 0.5) is 27.8 Å². The zero-order valence-electron chi connectivity index (χ0n) is 22.5. The van der Waals surface area contributed by atoms with Gasteiger partial charge in [-0.25, -0.2) is 13.6 Å². The molecular formula is C27H26ClF5N4O3S. The largest absolute Gasteiger partial charge is 0.417 e. The van der Waals surface area contributed by atoms with E-state index in [2.05, 4.69) is 4.98 Å². The van der Waals surface area contributed by atoms with Crippen molar-refractivity contribution in [1.29, 1.82) is 0 Å². The second-order valence-corrected chi connectivity index (χ2v) is 11.7. The van der Waals surface area contributed by atoms with Crippen molar-refractivity contribution in [2.75, 3.05) is 37.5 Å². The number of rotatable bonds is 4. The third-order valence-corrected chi connectivity index (χ3v) is 9.06. The molecule has 0 spiro atoms. The fourth-order valence-electron chi connectivity index (χ4n) is 5.69. The summed E-state index contributed by atoms with van der Waals surface area (Å²) in [7, 11) is 1.44. The van der Waals surface area contributed by atoms with Gasteiger partial charge in [-0.15, -0.1) is 11.8 Å². The minimum atomic E-state index is -4.96. The first kappa shape index (κ1) is 29.6. The lowest BCUT2D eigenvalue weighted by Crippen LogP contribution is -2.58. The normalized spacial score (nSPS) is 21.1. The van der Waals surface area contributed by atoms with E-state index in [0.717, 1.165) is 23.9 Å². The van der Waals surface area contributed by atoms with Crippen molar-refractivity contribution in [1.82, 2.24) is 14.5 Å². The van der Waals surface area contributed by atoms with Crippen molar-refractivity contribution >= 4 is 46.0 Å². The molecule has 2 aliphatic heterocycles. The first-order valence-corrected chi connectivity index (χ1v) is 14.1. The van der Waals surface area contributed by atoms with Gasteiger partial charge in [-0.1, -0.05) is 11.6 Å². The van der Waals surface area contributed by atoms with Gasteiger partial charge in [-0.2, -0.15) is 18.2 Å². The summed E-state index contributed by atoms with van der Waals surface area (Å²) in [6.07, 6.45) is -4.96. The third kappa shape index (κ3) is 5.05. The minimum absolute atomic E-state index is 0.00702.